The minimum atomic E-state index is -0.614. The first kappa shape index (κ1) is 19.2. The zero-order chi connectivity index (χ0) is 18.9. The van der Waals surface area contributed by atoms with Crippen LogP contribution in [0.5, 0.6) is 5.75 Å². The van der Waals surface area contributed by atoms with Crippen molar-refractivity contribution in [2.24, 2.45) is 0 Å². The van der Waals surface area contributed by atoms with Crippen molar-refractivity contribution in [1.82, 2.24) is 5.48 Å². The summed E-state index contributed by atoms with van der Waals surface area (Å²) < 4.78 is 5.97. The Morgan fingerprint density at radius 1 is 1.04 bits per heavy atom. The highest BCUT2D eigenvalue weighted by Crippen LogP contribution is 2.26. The number of ether oxygens (including phenoxy) is 1. The van der Waals surface area contributed by atoms with Crippen molar-refractivity contribution in [2.45, 2.75) is 33.8 Å². The van der Waals surface area contributed by atoms with Crippen LogP contribution in [-0.4, -0.2) is 11.9 Å². The molecule has 0 aliphatic carbocycles. The lowest BCUT2D eigenvalue weighted by atomic mass is 10.0. The lowest BCUT2D eigenvalue weighted by Crippen LogP contribution is -2.23. The number of carbonyl (C=O) groups excluding carboxylic acids is 2. The predicted molar refractivity (Wildman–Crippen MR) is 99.4 cm³/mol. The van der Waals surface area contributed by atoms with E-state index in [9.17, 15) is 9.59 Å². The summed E-state index contributed by atoms with van der Waals surface area (Å²) in [5, 5.41) is 0. The van der Waals surface area contributed by atoms with Crippen LogP contribution < -0.4 is 10.2 Å². The van der Waals surface area contributed by atoms with Crippen LogP contribution in [-0.2, 0) is 27.5 Å². The molecule has 2 rings (SSSR count). The van der Waals surface area contributed by atoms with Crippen LogP contribution in [0.4, 0.5) is 0 Å². The highest BCUT2D eigenvalue weighted by atomic mass is 16.7. The molecule has 0 aliphatic rings. The summed E-state index contributed by atoms with van der Waals surface area (Å²) in [7, 11) is 0. The van der Waals surface area contributed by atoms with Gasteiger partial charge in [-0.25, -0.2) is 4.79 Å². The van der Waals surface area contributed by atoms with Gasteiger partial charge in [0.05, 0.1) is 0 Å². The third-order valence-electron chi connectivity index (χ3n) is 3.65. The summed E-state index contributed by atoms with van der Waals surface area (Å²) in [6, 6.07) is 14.1. The standard InChI is InChI=1S/C21H23NO4/c1-15-12-19(10-7-11-20(24)26-22-17(3)23)13-16(2)21(15)25-14-18-8-5-4-6-9-18/h4-9,11-13H,10,14H2,1-3H3,(H,22,23). The molecule has 0 saturated carbocycles. The van der Waals surface area contributed by atoms with Gasteiger partial charge in [-0.15, -0.1) is 0 Å². The topological polar surface area (TPSA) is 64.6 Å². The van der Waals surface area contributed by atoms with Crippen LogP contribution in [0, 0.1) is 13.8 Å². The molecular weight excluding hydrogens is 330 g/mol. The van der Waals surface area contributed by atoms with Crippen molar-refractivity contribution in [3.05, 3.63) is 76.9 Å². The summed E-state index contributed by atoms with van der Waals surface area (Å²) in [5.41, 5.74) is 6.27. The summed E-state index contributed by atoms with van der Waals surface area (Å²) in [4.78, 5) is 26.6. The molecule has 5 nitrogen and oxygen atoms in total. The van der Waals surface area contributed by atoms with Gasteiger partial charge >= 0.3 is 5.97 Å². The van der Waals surface area contributed by atoms with Gasteiger partial charge in [-0.1, -0.05) is 48.5 Å². The first-order chi connectivity index (χ1) is 12.5. The van der Waals surface area contributed by atoms with Crippen LogP contribution in [0.3, 0.4) is 0 Å². The van der Waals surface area contributed by atoms with E-state index in [0.717, 1.165) is 28.0 Å². The fourth-order valence-electron chi connectivity index (χ4n) is 2.56. The molecule has 136 valence electrons. The molecule has 0 saturated heterocycles. The van der Waals surface area contributed by atoms with Crippen LogP contribution in [0.1, 0.15) is 29.2 Å². The van der Waals surface area contributed by atoms with Crippen LogP contribution in [0.15, 0.2) is 54.6 Å². The second-order valence-corrected chi connectivity index (χ2v) is 6.02. The Hall–Kier alpha value is -3.08. The van der Waals surface area contributed by atoms with Gasteiger partial charge in [0.25, 0.3) is 0 Å². The van der Waals surface area contributed by atoms with E-state index in [2.05, 4.69) is 4.84 Å². The van der Waals surface area contributed by atoms with Gasteiger partial charge in [-0.2, -0.15) is 5.48 Å². The fourth-order valence-corrected chi connectivity index (χ4v) is 2.56. The minimum absolute atomic E-state index is 0.427. The van der Waals surface area contributed by atoms with Crippen LogP contribution in [0.25, 0.3) is 0 Å². The van der Waals surface area contributed by atoms with Gasteiger partial charge in [-0.3, -0.25) is 4.79 Å². The Bertz CT molecular complexity index is 774. The predicted octanol–water partition coefficient (Wildman–Crippen LogP) is 3.58. The minimum Gasteiger partial charge on any atom is -0.488 e. The van der Waals surface area contributed by atoms with E-state index >= 15 is 0 Å². The van der Waals surface area contributed by atoms with E-state index in [1.807, 2.05) is 61.8 Å². The molecule has 0 aliphatic heterocycles. The molecule has 1 N–H and O–H groups in total. The highest BCUT2D eigenvalue weighted by molar-refractivity contribution is 5.83. The first-order valence-electron chi connectivity index (χ1n) is 8.36. The molecule has 26 heavy (non-hydrogen) atoms. The number of allylic oxidation sites excluding steroid dienone is 1. The Kier molecular flexibility index (Phi) is 6.97. The zero-order valence-corrected chi connectivity index (χ0v) is 15.2. The van der Waals surface area contributed by atoms with E-state index in [-0.39, 0.29) is 0 Å². The van der Waals surface area contributed by atoms with Crippen LogP contribution >= 0.6 is 0 Å². The van der Waals surface area contributed by atoms with Gasteiger partial charge in [0.15, 0.2) is 0 Å². The molecular formula is C21H23NO4. The molecule has 2 aromatic carbocycles. The summed E-state index contributed by atoms with van der Waals surface area (Å²) >= 11 is 0. The number of hydroxylamine groups is 1. The number of aryl methyl sites for hydroxylation is 2. The number of amides is 1. The smallest absolute Gasteiger partial charge is 0.355 e. The summed E-state index contributed by atoms with van der Waals surface area (Å²) in [6.45, 7) is 5.80. The van der Waals surface area contributed by atoms with Crippen molar-refractivity contribution in [1.29, 1.82) is 0 Å². The van der Waals surface area contributed by atoms with Crippen molar-refractivity contribution >= 4 is 11.9 Å². The molecule has 0 unspecified atom stereocenters. The monoisotopic (exact) mass is 353 g/mol. The Morgan fingerprint density at radius 2 is 1.69 bits per heavy atom. The SMILES string of the molecule is CC(=O)NOC(=O)C=CCc1cc(C)c(OCc2ccccc2)c(C)c1. The Balaban J connectivity index is 1.95. The van der Waals surface area contributed by atoms with E-state index < -0.39 is 11.9 Å². The van der Waals surface area contributed by atoms with E-state index in [0.29, 0.717) is 13.0 Å². The van der Waals surface area contributed by atoms with Crippen molar-refractivity contribution in [3.8, 4) is 5.75 Å². The third kappa shape index (κ3) is 6.09. The zero-order valence-electron chi connectivity index (χ0n) is 15.2. The molecule has 0 radical (unpaired) electrons. The quantitative estimate of drug-likeness (QED) is 0.637. The van der Waals surface area contributed by atoms with Crippen molar-refractivity contribution < 1.29 is 19.2 Å². The second-order valence-electron chi connectivity index (χ2n) is 6.02. The molecule has 0 aromatic heterocycles. The number of carbonyl (C=O) groups is 2. The average Bonchev–Trinajstić information content (AvgIpc) is 2.60. The largest absolute Gasteiger partial charge is 0.488 e. The molecule has 5 heteroatoms. The van der Waals surface area contributed by atoms with Crippen LogP contribution in [0.2, 0.25) is 0 Å². The maximum absolute atomic E-state index is 11.4. The van der Waals surface area contributed by atoms with Gasteiger partial charge in [0, 0.05) is 13.0 Å². The Morgan fingerprint density at radius 3 is 2.31 bits per heavy atom. The lowest BCUT2D eigenvalue weighted by Gasteiger charge is -2.14. The van der Waals surface area contributed by atoms with E-state index in [1.165, 1.54) is 13.0 Å². The fraction of sp³-hybridized carbons (Fsp3) is 0.238. The van der Waals surface area contributed by atoms with Gasteiger partial charge in [0.2, 0.25) is 5.91 Å². The maximum Gasteiger partial charge on any atom is 0.355 e. The Labute approximate surface area is 153 Å². The van der Waals surface area contributed by atoms with E-state index in [4.69, 9.17) is 4.74 Å². The molecule has 1 amide bonds. The molecule has 0 bridgehead atoms. The van der Waals surface area contributed by atoms with Crippen molar-refractivity contribution in [3.63, 3.8) is 0 Å². The first-order valence-corrected chi connectivity index (χ1v) is 8.36. The second kappa shape index (κ2) is 9.42. The molecule has 0 fully saturated rings. The maximum atomic E-state index is 11.4. The number of rotatable bonds is 6. The number of hydrogen-bond donors (Lipinski definition) is 1. The normalized spacial score (nSPS) is 10.6. The molecule has 0 heterocycles. The summed E-state index contributed by atoms with van der Waals surface area (Å²) in [6.07, 6.45) is 3.57. The van der Waals surface area contributed by atoms with Gasteiger partial charge in [0.1, 0.15) is 12.4 Å². The van der Waals surface area contributed by atoms with Gasteiger partial charge < -0.3 is 9.57 Å². The molecule has 0 atom stereocenters. The molecule has 2 aromatic rings. The van der Waals surface area contributed by atoms with Crippen molar-refractivity contribution in [2.75, 3.05) is 0 Å². The average molecular weight is 353 g/mol. The number of nitrogens with one attached hydrogen (secondary N) is 1. The lowest BCUT2D eigenvalue weighted by molar-refractivity contribution is -0.152. The summed E-state index contributed by atoms with van der Waals surface area (Å²) in [5.74, 6) is -0.160. The van der Waals surface area contributed by atoms with Gasteiger partial charge in [-0.05, 0) is 42.5 Å². The number of benzene rings is 2. The highest BCUT2D eigenvalue weighted by Gasteiger charge is 2.07. The molecule has 0 spiro atoms. The third-order valence-corrected chi connectivity index (χ3v) is 3.65. The van der Waals surface area contributed by atoms with E-state index in [1.54, 1.807) is 6.08 Å². The number of hydrogen-bond acceptors (Lipinski definition) is 4.